The fourth-order valence-electron chi connectivity index (χ4n) is 0. The minimum Gasteiger partial charge on any atom is -0.750 e. The third-order valence-corrected chi connectivity index (χ3v) is 0. The molecule has 0 aromatic rings. The van der Waals surface area contributed by atoms with E-state index in [0.29, 0.717) is 0 Å². The molecular weight excluding hydrogens is 188 g/mol. The quantitative estimate of drug-likeness (QED) is 0.293. The smallest absolute Gasteiger partial charge is 0.750 e. The summed E-state index contributed by atoms with van der Waals surface area (Å²) in [6.45, 7) is 0. The van der Waals surface area contributed by atoms with Gasteiger partial charge in [0.05, 0.1) is 11.0 Å². The SMILES string of the molecule is O=[SH](=O)[O-].[Ag+]. The molecule has 0 aliphatic heterocycles. The number of rotatable bonds is 0. The monoisotopic (exact) mass is 188 g/mol. The van der Waals surface area contributed by atoms with Crippen LogP contribution in [0.4, 0.5) is 0 Å². The van der Waals surface area contributed by atoms with Gasteiger partial charge in [0.25, 0.3) is 0 Å². The Labute approximate surface area is 46.7 Å². The van der Waals surface area contributed by atoms with Gasteiger partial charge in [-0.1, -0.05) is 0 Å². The van der Waals surface area contributed by atoms with Crippen LogP contribution in [0.15, 0.2) is 0 Å². The summed E-state index contributed by atoms with van der Waals surface area (Å²) in [5, 5.41) is 0. The van der Waals surface area contributed by atoms with Crippen LogP contribution < -0.4 is 0 Å². The zero-order chi connectivity index (χ0) is 3.58. The van der Waals surface area contributed by atoms with Crippen molar-refractivity contribution in [2.45, 2.75) is 0 Å². The van der Waals surface area contributed by atoms with Gasteiger partial charge in [-0.2, -0.15) is 0 Å². The molecule has 5 heavy (non-hydrogen) atoms. The average molecular weight is 189 g/mol. The molecule has 0 radical (unpaired) electrons. The van der Waals surface area contributed by atoms with Crippen molar-refractivity contribution < 1.29 is 35.4 Å². The van der Waals surface area contributed by atoms with Crippen molar-refractivity contribution in [1.29, 1.82) is 0 Å². The molecule has 0 aromatic heterocycles. The summed E-state index contributed by atoms with van der Waals surface area (Å²) >= 11 is 0. The second-order valence-electron chi connectivity index (χ2n) is 0.224. The van der Waals surface area contributed by atoms with E-state index < -0.39 is 11.0 Å². The van der Waals surface area contributed by atoms with Crippen molar-refractivity contribution in [3.05, 3.63) is 0 Å². The molecule has 5 heteroatoms. The van der Waals surface area contributed by atoms with Crippen LogP contribution in [0.3, 0.4) is 0 Å². The minimum atomic E-state index is -3.37. The molecule has 3 nitrogen and oxygen atoms in total. The van der Waals surface area contributed by atoms with E-state index in [1.807, 2.05) is 0 Å². The van der Waals surface area contributed by atoms with E-state index in [4.69, 9.17) is 13.0 Å². The molecule has 0 rings (SSSR count). The van der Waals surface area contributed by atoms with E-state index in [-0.39, 0.29) is 22.4 Å². The molecule has 0 amide bonds. The molecule has 0 atom stereocenters. The normalized spacial score (nSPS) is 6.80. The van der Waals surface area contributed by atoms with E-state index in [0.717, 1.165) is 0 Å². The summed E-state index contributed by atoms with van der Waals surface area (Å²) in [7, 11) is -3.37. The molecule has 0 aliphatic rings. The van der Waals surface area contributed by atoms with Crippen LogP contribution in [-0.4, -0.2) is 13.0 Å². The van der Waals surface area contributed by atoms with Crippen LogP contribution in [0.1, 0.15) is 0 Å². The molecule has 0 aliphatic carbocycles. The summed E-state index contributed by atoms with van der Waals surface area (Å²) in [5.74, 6) is 0. The van der Waals surface area contributed by atoms with Crippen molar-refractivity contribution in [3.8, 4) is 0 Å². The Balaban J connectivity index is 0. The van der Waals surface area contributed by atoms with Crippen molar-refractivity contribution in [1.82, 2.24) is 0 Å². The zero-order valence-corrected chi connectivity index (χ0v) is 4.35. The van der Waals surface area contributed by atoms with Gasteiger partial charge in [0, 0.05) is 0 Å². The van der Waals surface area contributed by atoms with E-state index in [1.54, 1.807) is 0 Å². The van der Waals surface area contributed by atoms with Crippen LogP contribution >= 0.6 is 0 Å². The maximum Gasteiger partial charge on any atom is 1.00 e. The molecule has 0 saturated heterocycles. The van der Waals surface area contributed by atoms with Crippen molar-refractivity contribution >= 4 is 11.0 Å². The first-order valence-electron chi connectivity index (χ1n) is 0.548. The fourth-order valence-corrected chi connectivity index (χ4v) is 0. The average Bonchev–Trinajstić information content (AvgIpc) is 0.811. The van der Waals surface area contributed by atoms with Gasteiger partial charge in [-0.15, -0.1) is 0 Å². The third-order valence-electron chi connectivity index (χ3n) is 0. The summed E-state index contributed by atoms with van der Waals surface area (Å²) in [5.41, 5.74) is 0. The fraction of sp³-hybridized carbons (Fsp3) is 0. The maximum absolute atomic E-state index is 8.48. The summed E-state index contributed by atoms with van der Waals surface area (Å²) in [6, 6.07) is 0. The van der Waals surface area contributed by atoms with Gasteiger partial charge in [-0.3, -0.25) is 0 Å². The molecule has 0 unspecified atom stereocenters. The van der Waals surface area contributed by atoms with E-state index >= 15 is 0 Å². The van der Waals surface area contributed by atoms with Crippen molar-refractivity contribution in [2.24, 2.45) is 0 Å². The topological polar surface area (TPSA) is 57.2 Å². The molecule has 0 fully saturated rings. The van der Waals surface area contributed by atoms with E-state index in [2.05, 4.69) is 0 Å². The molecule has 36 valence electrons. The summed E-state index contributed by atoms with van der Waals surface area (Å²) in [6.07, 6.45) is 0. The van der Waals surface area contributed by atoms with E-state index in [1.165, 1.54) is 0 Å². The third kappa shape index (κ3) is 77.2. The molecule has 0 spiro atoms. The van der Waals surface area contributed by atoms with E-state index in [9.17, 15) is 0 Å². The molecule has 0 bridgehead atoms. The number of hydrogen-bond acceptors (Lipinski definition) is 3. The predicted molar refractivity (Wildman–Crippen MR) is 11.1 cm³/mol. The maximum atomic E-state index is 8.48. The van der Waals surface area contributed by atoms with Gasteiger partial charge in [0.15, 0.2) is 0 Å². The van der Waals surface area contributed by atoms with Crippen LogP contribution in [-0.2, 0) is 33.4 Å². The number of thiol groups is 1. The molecule has 0 N–H and O–H groups in total. The second kappa shape index (κ2) is 4.65. The molecule has 0 heterocycles. The Morgan fingerprint density at radius 3 is 1.40 bits per heavy atom. The molecule has 0 saturated carbocycles. The van der Waals surface area contributed by atoms with Gasteiger partial charge >= 0.3 is 22.4 Å². The first-order valence-corrected chi connectivity index (χ1v) is 1.64. The molecule has 0 aromatic carbocycles. The Morgan fingerprint density at radius 1 is 1.40 bits per heavy atom. The zero-order valence-electron chi connectivity index (χ0n) is 1.97. The van der Waals surface area contributed by atoms with Crippen LogP contribution in [0.2, 0.25) is 0 Å². The Hall–Kier alpha value is 0.650. The Morgan fingerprint density at radius 2 is 1.40 bits per heavy atom. The van der Waals surface area contributed by atoms with Gasteiger partial charge in [0.1, 0.15) is 0 Å². The van der Waals surface area contributed by atoms with Crippen LogP contribution in [0, 0.1) is 0 Å². The van der Waals surface area contributed by atoms with Crippen molar-refractivity contribution in [2.75, 3.05) is 0 Å². The summed E-state index contributed by atoms with van der Waals surface area (Å²) < 4.78 is 25.4. The van der Waals surface area contributed by atoms with Gasteiger partial charge in [-0.05, 0) is 0 Å². The molecular formula is HAgO3S. The predicted octanol–water partition coefficient (Wildman–Crippen LogP) is -1.27. The van der Waals surface area contributed by atoms with Gasteiger partial charge < -0.3 is 4.55 Å². The standard InChI is InChI=1S/Ag.H2O3S/c;1-4(2)3/h;4H,(H,1,2,3)/q+1;/p-1. The van der Waals surface area contributed by atoms with Crippen LogP contribution in [0.25, 0.3) is 0 Å². The number of hydrogen-bond donors (Lipinski definition) is 1. The summed E-state index contributed by atoms with van der Waals surface area (Å²) in [4.78, 5) is 0. The van der Waals surface area contributed by atoms with Gasteiger partial charge in [0.2, 0.25) is 0 Å². The van der Waals surface area contributed by atoms with Crippen LogP contribution in [0.5, 0.6) is 0 Å². The second-order valence-corrected chi connectivity index (χ2v) is 0.671. The first kappa shape index (κ1) is 9.17. The minimum absolute atomic E-state index is 0. The van der Waals surface area contributed by atoms with Crippen molar-refractivity contribution in [3.63, 3.8) is 0 Å². The Bertz CT molecular complexity index is 55.3. The largest absolute Gasteiger partial charge is 1.00 e. The van der Waals surface area contributed by atoms with Gasteiger partial charge in [-0.25, -0.2) is 8.42 Å². The Kier molecular flexibility index (Phi) is 8.53. The first-order chi connectivity index (χ1) is 1.73.